The molecule has 2 aromatic rings. The molecule has 4 rings (SSSR count). The van der Waals surface area contributed by atoms with Crippen LogP contribution in [-0.4, -0.2) is 40.8 Å². The molecule has 1 aromatic heterocycles. The van der Waals surface area contributed by atoms with Crippen LogP contribution in [0.2, 0.25) is 0 Å². The quantitative estimate of drug-likeness (QED) is 0.868. The number of benzene rings is 1. The Morgan fingerprint density at radius 1 is 1.19 bits per heavy atom. The fourth-order valence-corrected chi connectivity index (χ4v) is 3.80. The van der Waals surface area contributed by atoms with E-state index in [1.807, 2.05) is 29.3 Å². The molecule has 0 radical (unpaired) electrons. The summed E-state index contributed by atoms with van der Waals surface area (Å²) in [5.41, 5.74) is 2.15. The van der Waals surface area contributed by atoms with Gasteiger partial charge in [-0.05, 0) is 43.2 Å². The van der Waals surface area contributed by atoms with E-state index in [2.05, 4.69) is 23.3 Å². The van der Waals surface area contributed by atoms with Crippen LogP contribution in [0.4, 0.5) is 0 Å². The zero-order valence-corrected chi connectivity index (χ0v) is 15.3. The number of hydrogen-bond acceptors (Lipinski definition) is 2. The van der Waals surface area contributed by atoms with E-state index in [4.69, 9.17) is 0 Å². The summed E-state index contributed by atoms with van der Waals surface area (Å²) < 4.78 is 0. The summed E-state index contributed by atoms with van der Waals surface area (Å²) in [5.74, 6) is 0.881. The maximum Gasteiger partial charge on any atom is 0.245 e. The highest BCUT2D eigenvalue weighted by molar-refractivity contribution is 5.91. The van der Waals surface area contributed by atoms with Crippen LogP contribution in [0.3, 0.4) is 0 Å². The third-order valence-corrected chi connectivity index (χ3v) is 5.76. The number of carbonyl (C=O) groups is 2. The highest BCUT2D eigenvalue weighted by Crippen LogP contribution is 2.29. The lowest BCUT2D eigenvalue weighted by atomic mass is 9.97. The van der Waals surface area contributed by atoms with Crippen molar-refractivity contribution in [3.63, 3.8) is 0 Å². The van der Waals surface area contributed by atoms with Crippen molar-refractivity contribution in [1.82, 2.24) is 15.2 Å². The van der Waals surface area contributed by atoms with Crippen molar-refractivity contribution in [3.05, 3.63) is 36.0 Å². The Labute approximate surface area is 154 Å². The molecule has 2 aliphatic rings. The van der Waals surface area contributed by atoms with Gasteiger partial charge in [0.1, 0.15) is 6.04 Å². The Morgan fingerprint density at radius 3 is 2.65 bits per heavy atom. The topological polar surface area (TPSA) is 65.2 Å². The molecule has 138 valence electrons. The number of likely N-dealkylation sites (tertiary alicyclic amines) is 1. The molecule has 1 saturated heterocycles. The minimum Gasteiger partial charge on any atom is -0.361 e. The maximum atomic E-state index is 13.1. The van der Waals surface area contributed by atoms with Crippen molar-refractivity contribution in [1.29, 1.82) is 0 Å². The first-order chi connectivity index (χ1) is 12.6. The number of hydrogen-bond donors (Lipinski definition) is 2. The molecule has 0 spiro atoms. The first kappa shape index (κ1) is 17.1. The lowest BCUT2D eigenvalue weighted by Gasteiger charge is -2.33. The second-order valence-electron chi connectivity index (χ2n) is 7.91. The molecule has 2 amide bonds. The molecule has 1 saturated carbocycles. The number of para-hydroxylation sites is 1. The smallest absolute Gasteiger partial charge is 0.245 e. The third kappa shape index (κ3) is 3.62. The highest BCUT2D eigenvalue weighted by atomic mass is 16.2. The van der Waals surface area contributed by atoms with E-state index in [-0.39, 0.29) is 17.7 Å². The standard InChI is InChI=1S/C21H27N3O2/c1-14-8-10-24(11-9-14)21(26)19(23-20(25)15-6-7-15)12-16-13-22-18-5-3-2-4-17(16)18/h2-5,13-15,19,22H,6-12H2,1H3,(H,23,25)/t19-/m1/s1. The van der Waals surface area contributed by atoms with Gasteiger partial charge >= 0.3 is 0 Å². The number of aromatic nitrogens is 1. The Bertz CT molecular complexity index is 800. The zero-order valence-electron chi connectivity index (χ0n) is 15.3. The van der Waals surface area contributed by atoms with Crippen molar-refractivity contribution in [3.8, 4) is 0 Å². The summed E-state index contributed by atoms with van der Waals surface area (Å²) in [4.78, 5) is 30.7. The van der Waals surface area contributed by atoms with Crippen molar-refractivity contribution in [2.75, 3.05) is 13.1 Å². The number of nitrogens with zero attached hydrogens (tertiary/aromatic N) is 1. The van der Waals surface area contributed by atoms with Gasteiger partial charge in [0.05, 0.1) is 0 Å². The molecule has 1 atom stereocenters. The van der Waals surface area contributed by atoms with Gasteiger partial charge in [-0.3, -0.25) is 9.59 Å². The van der Waals surface area contributed by atoms with Crippen LogP contribution >= 0.6 is 0 Å². The van der Waals surface area contributed by atoms with Crippen LogP contribution < -0.4 is 5.32 Å². The fraction of sp³-hybridized carbons (Fsp3) is 0.524. The number of nitrogens with one attached hydrogen (secondary N) is 2. The van der Waals surface area contributed by atoms with Crippen LogP contribution in [0.15, 0.2) is 30.5 Å². The second kappa shape index (κ2) is 7.14. The molecule has 26 heavy (non-hydrogen) atoms. The fourth-order valence-electron chi connectivity index (χ4n) is 3.80. The van der Waals surface area contributed by atoms with Gasteiger partial charge in [0.2, 0.25) is 11.8 Å². The van der Waals surface area contributed by atoms with Crippen molar-refractivity contribution in [2.24, 2.45) is 11.8 Å². The molecular weight excluding hydrogens is 326 g/mol. The molecule has 5 nitrogen and oxygen atoms in total. The van der Waals surface area contributed by atoms with Gasteiger partial charge in [-0.25, -0.2) is 0 Å². The third-order valence-electron chi connectivity index (χ3n) is 5.76. The molecule has 2 fully saturated rings. The van der Waals surface area contributed by atoms with Crippen LogP contribution in [0.5, 0.6) is 0 Å². The summed E-state index contributed by atoms with van der Waals surface area (Å²) in [6.45, 7) is 3.83. The minimum atomic E-state index is -0.476. The zero-order chi connectivity index (χ0) is 18.1. The molecule has 1 aromatic carbocycles. The normalized spacial score (nSPS) is 19.5. The average Bonchev–Trinajstić information content (AvgIpc) is 3.43. The van der Waals surface area contributed by atoms with Gasteiger partial charge in [-0.15, -0.1) is 0 Å². The van der Waals surface area contributed by atoms with Crippen molar-refractivity contribution in [2.45, 2.75) is 45.1 Å². The van der Waals surface area contributed by atoms with Crippen LogP contribution in [-0.2, 0) is 16.0 Å². The molecule has 0 bridgehead atoms. The van der Waals surface area contributed by atoms with Crippen molar-refractivity contribution < 1.29 is 9.59 Å². The second-order valence-corrected chi connectivity index (χ2v) is 7.91. The number of fused-ring (bicyclic) bond motifs is 1. The highest BCUT2D eigenvalue weighted by Gasteiger charge is 2.34. The van der Waals surface area contributed by atoms with Crippen LogP contribution in [0, 0.1) is 11.8 Å². The van der Waals surface area contributed by atoms with Crippen LogP contribution in [0.25, 0.3) is 10.9 Å². The van der Waals surface area contributed by atoms with E-state index in [0.717, 1.165) is 55.2 Å². The maximum absolute atomic E-state index is 13.1. The number of H-pyrrole nitrogens is 1. The van der Waals surface area contributed by atoms with Gasteiger partial charge in [0.25, 0.3) is 0 Å². The molecular formula is C21H27N3O2. The molecule has 0 unspecified atom stereocenters. The number of amides is 2. The number of rotatable bonds is 5. The number of aromatic amines is 1. The summed E-state index contributed by atoms with van der Waals surface area (Å²) >= 11 is 0. The molecule has 2 heterocycles. The number of piperidine rings is 1. The van der Waals surface area contributed by atoms with E-state index < -0.39 is 6.04 Å². The van der Waals surface area contributed by atoms with Gasteiger partial charge in [-0.1, -0.05) is 25.1 Å². The van der Waals surface area contributed by atoms with Crippen molar-refractivity contribution >= 4 is 22.7 Å². The minimum absolute atomic E-state index is 0.0357. The van der Waals surface area contributed by atoms with E-state index in [1.54, 1.807) is 0 Å². The molecule has 1 aliphatic heterocycles. The Kier molecular flexibility index (Phi) is 4.70. The predicted molar refractivity (Wildman–Crippen MR) is 102 cm³/mol. The van der Waals surface area contributed by atoms with Gasteiger partial charge in [0.15, 0.2) is 0 Å². The Hall–Kier alpha value is -2.30. The SMILES string of the molecule is CC1CCN(C(=O)[C@@H](Cc2c[nH]c3ccccc23)NC(=O)C2CC2)CC1. The largest absolute Gasteiger partial charge is 0.361 e. The average molecular weight is 353 g/mol. The van der Waals surface area contributed by atoms with E-state index in [0.29, 0.717) is 12.3 Å². The monoisotopic (exact) mass is 353 g/mol. The Balaban J connectivity index is 1.53. The summed E-state index contributed by atoms with van der Waals surface area (Å²) in [7, 11) is 0. The van der Waals surface area contributed by atoms with E-state index in [1.165, 1.54) is 0 Å². The summed E-state index contributed by atoms with van der Waals surface area (Å²) in [5, 5.41) is 4.17. The number of carbonyl (C=O) groups excluding carboxylic acids is 2. The van der Waals surface area contributed by atoms with E-state index in [9.17, 15) is 9.59 Å². The summed E-state index contributed by atoms with van der Waals surface area (Å²) in [6.07, 6.45) is 6.48. The molecule has 1 aliphatic carbocycles. The summed E-state index contributed by atoms with van der Waals surface area (Å²) in [6, 6.07) is 7.62. The van der Waals surface area contributed by atoms with Gasteiger partial charge in [0, 0.05) is 42.5 Å². The molecule has 5 heteroatoms. The Morgan fingerprint density at radius 2 is 1.92 bits per heavy atom. The molecule has 2 N–H and O–H groups in total. The first-order valence-corrected chi connectivity index (χ1v) is 9.76. The lowest BCUT2D eigenvalue weighted by molar-refractivity contribution is -0.137. The first-order valence-electron chi connectivity index (χ1n) is 9.76. The van der Waals surface area contributed by atoms with Crippen LogP contribution in [0.1, 0.15) is 38.2 Å². The van der Waals surface area contributed by atoms with Gasteiger partial charge in [-0.2, -0.15) is 0 Å². The lowest BCUT2D eigenvalue weighted by Crippen LogP contribution is -2.51. The predicted octanol–water partition coefficient (Wildman–Crippen LogP) is 2.86. The van der Waals surface area contributed by atoms with E-state index >= 15 is 0 Å². The van der Waals surface area contributed by atoms with Gasteiger partial charge < -0.3 is 15.2 Å².